The van der Waals surface area contributed by atoms with Crippen LogP contribution in [0.2, 0.25) is 0 Å². The summed E-state index contributed by atoms with van der Waals surface area (Å²) in [4.78, 5) is 25.0. The Morgan fingerprint density at radius 1 is 1.18 bits per heavy atom. The summed E-state index contributed by atoms with van der Waals surface area (Å²) in [5.41, 5.74) is 0.702. The highest BCUT2D eigenvalue weighted by Crippen LogP contribution is 2.13. The van der Waals surface area contributed by atoms with Gasteiger partial charge >= 0.3 is 6.03 Å². The quantitative estimate of drug-likeness (QED) is 0.664. The van der Waals surface area contributed by atoms with Gasteiger partial charge in [-0.15, -0.1) is 12.4 Å². The predicted molar refractivity (Wildman–Crippen MR) is 94.6 cm³/mol. The summed E-state index contributed by atoms with van der Waals surface area (Å²) in [6.07, 6.45) is 0.286. The lowest BCUT2D eigenvalue weighted by molar-refractivity contribution is -0.129. The van der Waals surface area contributed by atoms with E-state index in [0.29, 0.717) is 18.8 Å². The molecule has 1 aromatic carbocycles. The molecule has 0 radical (unpaired) electrons. The largest absolute Gasteiger partial charge is 0.344 e. The van der Waals surface area contributed by atoms with Gasteiger partial charge in [0.2, 0.25) is 5.91 Å². The smallest absolute Gasteiger partial charge is 0.319 e. The molecule has 0 aliphatic rings. The molecule has 0 aliphatic carbocycles. The Morgan fingerprint density at radius 3 is 2.41 bits per heavy atom. The van der Waals surface area contributed by atoms with Crippen LogP contribution in [-0.4, -0.2) is 50.6 Å². The molecule has 3 amide bonds. The molecule has 8 heteroatoms. The SMILES string of the molecule is CNCCN(C)C(=O)CCNC(=O)Nc1ccc(Br)cc1.Cl. The van der Waals surface area contributed by atoms with E-state index in [-0.39, 0.29) is 30.8 Å². The fourth-order valence-electron chi connectivity index (χ4n) is 1.59. The molecule has 22 heavy (non-hydrogen) atoms. The van der Waals surface area contributed by atoms with Crippen LogP contribution in [0, 0.1) is 0 Å². The summed E-state index contributed by atoms with van der Waals surface area (Å²) in [6.45, 7) is 1.71. The van der Waals surface area contributed by atoms with E-state index in [1.807, 2.05) is 19.2 Å². The minimum atomic E-state index is -0.317. The monoisotopic (exact) mass is 392 g/mol. The van der Waals surface area contributed by atoms with Crippen LogP contribution in [0.3, 0.4) is 0 Å². The van der Waals surface area contributed by atoms with Crippen LogP contribution in [0.15, 0.2) is 28.7 Å². The molecule has 0 aliphatic heterocycles. The molecule has 0 heterocycles. The average molecular weight is 394 g/mol. The van der Waals surface area contributed by atoms with Crippen LogP contribution in [0.4, 0.5) is 10.5 Å². The number of rotatable bonds is 7. The Kier molecular flexibility index (Phi) is 10.6. The summed E-state index contributed by atoms with van der Waals surface area (Å²) in [7, 11) is 3.59. The van der Waals surface area contributed by atoms with Crippen molar-refractivity contribution in [3.8, 4) is 0 Å². The van der Waals surface area contributed by atoms with Crippen LogP contribution < -0.4 is 16.0 Å². The summed E-state index contributed by atoms with van der Waals surface area (Å²) in [5, 5.41) is 8.35. The summed E-state index contributed by atoms with van der Waals surface area (Å²) in [5.74, 6) is 0.00851. The van der Waals surface area contributed by atoms with E-state index in [9.17, 15) is 9.59 Å². The Labute approximate surface area is 145 Å². The molecule has 0 saturated carbocycles. The van der Waals surface area contributed by atoms with Gasteiger partial charge in [0, 0.05) is 43.3 Å². The maximum atomic E-state index is 11.7. The second-order valence-corrected chi connectivity index (χ2v) is 5.47. The van der Waals surface area contributed by atoms with Crippen LogP contribution >= 0.6 is 28.3 Å². The Bertz CT molecular complexity index is 470. The summed E-state index contributed by atoms with van der Waals surface area (Å²) >= 11 is 3.33. The number of hydrogen-bond acceptors (Lipinski definition) is 3. The van der Waals surface area contributed by atoms with Crippen molar-refractivity contribution >= 4 is 46.0 Å². The number of amides is 3. The van der Waals surface area contributed by atoms with E-state index in [1.165, 1.54) is 0 Å². The van der Waals surface area contributed by atoms with Gasteiger partial charge in [0.25, 0.3) is 0 Å². The Balaban J connectivity index is 0.00000441. The van der Waals surface area contributed by atoms with Crippen molar-refractivity contribution in [1.29, 1.82) is 0 Å². The minimum absolute atomic E-state index is 0. The zero-order valence-corrected chi connectivity index (χ0v) is 15.1. The molecule has 0 aromatic heterocycles. The second-order valence-electron chi connectivity index (χ2n) is 4.56. The number of nitrogens with one attached hydrogen (secondary N) is 3. The van der Waals surface area contributed by atoms with E-state index in [1.54, 1.807) is 24.1 Å². The van der Waals surface area contributed by atoms with Crippen molar-refractivity contribution in [3.63, 3.8) is 0 Å². The first-order valence-corrected chi connectivity index (χ1v) is 7.51. The normalized spacial score (nSPS) is 9.59. The topological polar surface area (TPSA) is 73.5 Å². The standard InChI is InChI=1S/C14H21BrN4O2.ClH/c1-16-9-10-19(2)13(20)7-8-17-14(21)18-12-5-3-11(15)4-6-12;/h3-6,16H,7-10H2,1-2H3,(H2,17,18,21);1H. The van der Waals surface area contributed by atoms with Gasteiger partial charge in [0.05, 0.1) is 0 Å². The molecule has 0 spiro atoms. The maximum Gasteiger partial charge on any atom is 0.319 e. The highest BCUT2D eigenvalue weighted by molar-refractivity contribution is 9.10. The number of anilines is 1. The van der Waals surface area contributed by atoms with E-state index in [0.717, 1.165) is 11.0 Å². The number of nitrogens with zero attached hydrogens (tertiary/aromatic N) is 1. The molecule has 124 valence electrons. The van der Waals surface area contributed by atoms with Crippen LogP contribution in [0.5, 0.6) is 0 Å². The summed E-state index contributed by atoms with van der Waals surface area (Å²) < 4.78 is 0.948. The predicted octanol–water partition coefficient (Wildman–Crippen LogP) is 2.06. The highest BCUT2D eigenvalue weighted by Gasteiger charge is 2.08. The van der Waals surface area contributed by atoms with Crippen molar-refractivity contribution < 1.29 is 9.59 Å². The molecule has 1 rings (SSSR count). The van der Waals surface area contributed by atoms with Gasteiger partial charge in [0.1, 0.15) is 0 Å². The lowest BCUT2D eigenvalue weighted by atomic mass is 10.3. The van der Waals surface area contributed by atoms with Gasteiger partial charge < -0.3 is 20.9 Å². The number of benzene rings is 1. The van der Waals surface area contributed by atoms with Crippen molar-refractivity contribution in [3.05, 3.63) is 28.7 Å². The lowest BCUT2D eigenvalue weighted by Gasteiger charge is -2.17. The van der Waals surface area contributed by atoms with Crippen molar-refractivity contribution in [2.75, 3.05) is 39.0 Å². The van der Waals surface area contributed by atoms with Crippen molar-refractivity contribution in [2.24, 2.45) is 0 Å². The van der Waals surface area contributed by atoms with Crippen LogP contribution in [-0.2, 0) is 4.79 Å². The molecule has 0 saturated heterocycles. The first kappa shape index (κ1) is 20.7. The number of hydrogen-bond donors (Lipinski definition) is 3. The number of urea groups is 1. The van der Waals surface area contributed by atoms with Crippen LogP contribution in [0.1, 0.15) is 6.42 Å². The molecule has 0 fully saturated rings. The molecule has 1 aromatic rings. The van der Waals surface area contributed by atoms with E-state index < -0.39 is 0 Å². The maximum absolute atomic E-state index is 11.7. The van der Waals surface area contributed by atoms with Gasteiger partial charge in [-0.1, -0.05) is 15.9 Å². The van der Waals surface area contributed by atoms with Gasteiger partial charge in [-0.2, -0.15) is 0 Å². The Morgan fingerprint density at radius 2 is 1.82 bits per heavy atom. The molecular weight excluding hydrogens is 372 g/mol. The first-order valence-electron chi connectivity index (χ1n) is 6.72. The number of carbonyl (C=O) groups excluding carboxylic acids is 2. The van der Waals surface area contributed by atoms with Crippen LogP contribution in [0.25, 0.3) is 0 Å². The summed E-state index contributed by atoms with van der Waals surface area (Å²) in [6, 6.07) is 6.95. The third-order valence-electron chi connectivity index (χ3n) is 2.85. The third-order valence-corrected chi connectivity index (χ3v) is 3.38. The zero-order chi connectivity index (χ0) is 15.7. The van der Waals surface area contributed by atoms with Gasteiger partial charge in [-0.25, -0.2) is 4.79 Å². The van der Waals surface area contributed by atoms with E-state index >= 15 is 0 Å². The minimum Gasteiger partial charge on any atom is -0.344 e. The lowest BCUT2D eigenvalue weighted by Crippen LogP contribution is -2.36. The van der Waals surface area contributed by atoms with Gasteiger partial charge in [-0.3, -0.25) is 4.79 Å². The number of carbonyl (C=O) groups is 2. The first-order chi connectivity index (χ1) is 10.0. The van der Waals surface area contributed by atoms with Crippen molar-refractivity contribution in [2.45, 2.75) is 6.42 Å². The molecule has 0 unspecified atom stereocenters. The number of halogens is 2. The van der Waals surface area contributed by atoms with Crippen molar-refractivity contribution in [1.82, 2.24) is 15.5 Å². The fraction of sp³-hybridized carbons (Fsp3) is 0.429. The number of likely N-dealkylation sites (N-methyl/N-ethyl adjacent to an activating group) is 2. The highest BCUT2D eigenvalue weighted by atomic mass is 79.9. The van der Waals surface area contributed by atoms with Gasteiger partial charge in [-0.05, 0) is 31.3 Å². The second kappa shape index (κ2) is 11.3. The molecule has 0 atom stereocenters. The molecule has 0 bridgehead atoms. The van der Waals surface area contributed by atoms with E-state index in [2.05, 4.69) is 31.9 Å². The third kappa shape index (κ3) is 8.21. The average Bonchev–Trinajstić information content (AvgIpc) is 2.47. The fourth-order valence-corrected chi connectivity index (χ4v) is 1.85. The molecule has 3 N–H and O–H groups in total. The van der Waals surface area contributed by atoms with Gasteiger partial charge in [0.15, 0.2) is 0 Å². The molecule has 6 nitrogen and oxygen atoms in total. The van der Waals surface area contributed by atoms with E-state index in [4.69, 9.17) is 0 Å². The molecular formula is C14H22BrClN4O2. The zero-order valence-electron chi connectivity index (χ0n) is 12.7. The Hall–Kier alpha value is -1.31.